The summed E-state index contributed by atoms with van der Waals surface area (Å²) in [5, 5.41) is 11.9. The van der Waals surface area contributed by atoms with Crippen molar-refractivity contribution >= 4 is 34.9 Å². The molecule has 3 rings (SSSR count). The molecule has 2 aromatic heterocycles. The SMILES string of the molecule is Cn1nccc1C(=O)Nc1nn(Cc2ccccc2Cl)cc1Cl. The Balaban J connectivity index is 1.78. The quantitative estimate of drug-likeness (QED) is 0.786. The average Bonchev–Trinajstić information content (AvgIpc) is 3.08. The third kappa shape index (κ3) is 3.38. The molecule has 8 heteroatoms. The Morgan fingerprint density at radius 1 is 1.22 bits per heavy atom. The van der Waals surface area contributed by atoms with Crippen molar-refractivity contribution in [2.75, 3.05) is 5.32 Å². The molecule has 0 radical (unpaired) electrons. The number of aryl methyl sites for hydroxylation is 1. The number of carbonyl (C=O) groups is 1. The molecule has 1 N–H and O–H groups in total. The first-order valence-corrected chi connectivity index (χ1v) is 7.56. The fraction of sp³-hybridized carbons (Fsp3) is 0.133. The van der Waals surface area contributed by atoms with Crippen molar-refractivity contribution in [2.24, 2.45) is 7.05 Å². The van der Waals surface area contributed by atoms with Crippen LogP contribution in [0.2, 0.25) is 10.0 Å². The van der Waals surface area contributed by atoms with Gasteiger partial charge in [-0.3, -0.25) is 14.2 Å². The van der Waals surface area contributed by atoms with Crippen LogP contribution in [0.25, 0.3) is 0 Å². The maximum Gasteiger partial charge on any atom is 0.275 e. The lowest BCUT2D eigenvalue weighted by atomic mass is 10.2. The van der Waals surface area contributed by atoms with Gasteiger partial charge in [0.25, 0.3) is 5.91 Å². The summed E-state index contributed by atoms with van der Waals surface area (Å²) in [6.45, 7) is 0.459. The molecule has 0 saturated carbocycles. The molecule has 6 nitrogen and oxygen atoms in total. The Morgan fingerprint density at radius 2 is 2.00 bits per heavy atom. The summed E-state index contributed by atoms with van der Waals surface area (Å²) in [6.07, 6.45) is 3.19. The van der Waals surface area contributed by atoms with Gasteiger partial charge in [-0.25, -0.2) is 0 Å². The standard InChI is InChI=1S/C15H13Cl2N5O/c1-21-13(6-7-18-21)15(23)19-14-12(17)9-22(20-14)8-10-4-2-3-5-11(10)16/h2-7,9H,8H2,1H3,(H,19,20,23). The Hall–Kier alpha value is -2.31. The topological polar surface area (TPSA) is 64.7 Å². The van der Waals surface area contributed by atoms with E-state index in [1.807, 2.05) is 24.3 Å². The summed E-state index contributed by atoms with van der Waals surface area (Å²) in [5.41, 5.74) is 1.33. The maximum atomic E-state index is 12.2. The van der Waals surface area contributed by atoms with E-state index >= 15 is 0 Å². The highest BCUT2D eigenvalue weighted by Gasteiger charge is 2.15. The van der Waals surface area contributed by atoms with Crippen molar-refractivity contribution in [3.8, 4) is 0 Å². The Kier molecular flexibility index (Phi) is 4.36. The van der Waals surface area contributed by atoms with Crippen molar-refractivity contribution < 1.29 is 4.79 Å². The number of aromatic nitrogens is 4. The summed E-state index contributed by atoms with van der Waals surface area (Å²) < 4.78 is 3.10. The molecule has 1 aromatic carbocycles. The minimum Gasteiger partial charge on any atom is -0.302 e. The predicted octanol–water partition coefficient (Wildman–Crippen LogP) is 3.22. The molecular formula is C15H13Cl2N5O. The number of hydrogen-bond acceptors (Lipinski definition) is 3. The lowest BCUT2D eigenvalue weighted by Crippen LogP contribution is -2.16. The lowest BCUT2D eigenvalue weighted by Gasteiger charge is -2.04. The molecule has 0 aliphatic heterocycles. The summed E-state index contributed by atoms with van der Waals surface area (Å²) in [6, 6.07) is 9.10. The zero-order valence-electron chi connectivity index (χ0n) is 12.2. The van der Waals surface area contributed by atoms with Gasteiger partial charge in [0.05, 0.1) is 6.54 Å². The summed E-state index contributed by atoms with van der Waals surface area (Å²) in [4.78, 5) is 12.2. The van der Waals surface area contributed by atoms with Crippen molar-refractivity contribution in [3.63, 3.8) is 0 Å². The van der Waals surface area contributed by atoms with Crippen LogP contribution >= 0.6 is 23.2 Å². The van der Waals surface area contributed by atoms with E-state index in [0.717, 1.165) is 5.56 Å². The second-order valence-electron chi connectivity index (χ2n) is 4.91. The Morgan fingerprint density at radius 3 is 2.70 bits per heavy atom. The molecule has 0 fully saturated rings. The van der Waals surface area contributed by atoms with E-state index in [4.69, 9.17) is 23.2 Å². The number of benzene rings is 1. The number of amides is 1. The van der Waals surface area contributed by atoms with Gasteiger partial charge >= 0.3 is 0 Å². The molecule has 0 aliphatic rings. The van der Waals surface area contributed by atoms with Crippen LogP contribution in [0.15, 0.2) is 42.7 Å². The second kappa shape index (κ2) is 6.44. The number of hydrogen-bond donors (Lipinski definition) is 1. The molecule has 0 atom stereocenters. The maximum absolute atomic E-state index is 12.2. The van der Waals surface area contributed by atoms with E-state index in [0.29, 0.717) is 28.1 Å². The molecule has 23 heavy (non-hydrogen) atoms. The predicted molar refractivity (Wildman–Crippen MR) is 89.0 cm³/mol. The van der Waals surface area contributed by atoms with Crippen molar-refractivity contribution in [1.29, 1.82) is 0 Å². The average molecular weight is 350 g/mol. The van der Waals surface area contributed by atoms with Crippen LogP contribution in [0.1, 0.15) is 16.1 Å². The van der Waals surface area contributed by atoms with Crippen LogP contribution < -0.4 is 5.32 Å². The molecule has 0 unspecified atom stereocenters. The van der Waals surface area contributed by atoms with Gasteiger partial charge in [0, 0.05) is 24.5 Å². The molecule has 1 amide bonds. The van der Waals surface area contributed by atoms with Crippen molar-refractivity contribution in [3.05, 3.63) is 64.0 Å². The van der Waals surface area contributed by atoms with Crippen LogP contribution in [0.3, 0.4) is 0 Å². The van der Waals surface area contributed by atoms with Gasteiger partial charge < -0.3 is 5.32 Å². The van der Waals surface area contributed by atoms with E-state index in [-0.39, 0.29) is 5.91 Å². The summed E-state index contributed by atoms with van der Waals surface area (Å²) in [7, 11) is 1.69. The van der Waals surface area contributed by atoms with Gasteiger partial charge in [0.1, 0.15) is 10.7 Å². The second-order valence-corrected chi connectivity index (χ2v) is 5.72. The number of anilines is 1. The number of nitrogens with zero attached hydrogens (tertiary/aromatic N) is 4. The molecule has 0 saturated heterocycles. The molecule has 3 aromatic rings. The van der Waals surface area contributed by atoms with E-state index < -0.39 is 0 Å². The summed E-state index contributed by atoms with van der Waals surface area (Å²) >= 11 is 12.3. The third-order valence-corrected chi connectivity index (χ3v) is 3.94. The van der Waals surface area contributed by atoms with Gasteiger partial charge in [-0.15, -0.1) is 0 Å². The first-order valence-electron chi connectivity index (χ1n) is 6.80. The van der Waals surface area contributed by atoms with E-state index in [9.17, 15) is 4.79 Å². The van der Waals surface area contributed by atoms with Crippen LogP contribution in [0.5, 0.6) is 0 Å². The van der Waals surface area contributed by atoms with Gasteiger partial charge in [-0.05, 0) is 17.7 Å². The molecule has 0 spiro atoms. The van der Waals surface area contributed by atoms with Crippen LogP contribution in [-0.4, -0.2) is 25.5 Å². The van der Waals surface area contributed by atoms with Crippen LogP contribution in [-0.2, 0) is 13.6 Å². The normalized spacial score (nSPS) is 10.7. The van der Waals surface area contributed by atoms with Crippen molar-refractivity contribution in [1.82, 2.24) is 19.6 Å². The van der Waals surface area contributed by atoms with E-state index in [1.165, 1.54) is 4.68 Å². The van der Waals surface area contributed by atoms with Crippen molar-refractivity contribution in [2.45, 2.75) is 6.54 Å². The van der Waals surface area contributed by atoms with Crippen LogP contribution in [0.4, 0.5) is 5.82 Å². The highest BCUT2D eigenvalue weighted by molar-refractivity contribution is 6.33. The fourth-order valence-corrected chi connectivity index (χ4v) is 2.53. The van der Waals surface area contributed by atoms with Gasteiger partial charge in [-0.2, -0.15) is 10.2 Å². The minimum absolute atomic E-state index is 0.296. The lowest BCUT2D eigenvalue weighted by molar-refractivity contribution is 0.101. The Bertz CT molecular complexity index is 855. The monoisotopic (exact) mass is 349 g/mol. The van der Waals surface area contributed by atoms with E-state index in [2.05, 4.69) is 15.5 Å². The highest BCUT2D eigenvalue weighted by atomic mass is 35.5. The van der Waals surface area contributed by atoms with Gasteiger partial charge in [-0.1, -0.05) is 41.4 Å². The number of halogens is 2. The number of nitrogens with one attached hydrogen (secondary N) is 1. The first kappa shape index (κ1) is 15.6. The minimum atomic E-state index is -0.324. The molecule has 2 heterocycles. The van der Waals surface area contributed by atoms with E-state index in [1.54, 1.807) is 30.2 Å². The number of carbonyl (C=O) groups excluding carboxylic acids is 1. The van der Waals surface area contributed by atoms with Gasteiger partial charge in [0.2, 0.25) is 0 Å². The molecule has 0 bridgehead atoms. The third-order valence-electron chi connectivity index (χ3n) is 3.29. The number of rotatable bonds is 4. The van der Waals surface area contributed by atoms with Gasteiger partial charge in [0.15, 0.2) is 5.82 Å². The zero-order chi connectivity index (χ0) is 16.4. The zero-order valence-corrected chi connectivity index (χ0v) is 13.7. The Labute approximate surface area is 142 Å². The fourth-order valence-electron chi connectivity index (χ4n) is 2.13. The molecular weight excluding hydrogens is 337 g/mol. The van der Waals surface area contributed by atoms with Crippen LogP contribution in [0, 0.1) is 0 Å². The first-order chi connectivity index (χ1) is 11.0. The largest absolute Gasteiger partial charge is 0.302 e. The summed E-state index contributed by atoms with van der Waals surface area (Å²) in [5.74, 6) is -0.0280. The smallest absolute Gasteiger partial charge is 0.275 e. The molecule has 118 valence electrons. The highest BCUT2D eigenvalue weighted by Crippen LogP contribution is 2.22. The molecule has 0 aliphatic carbocycles.